The minimum atomic E-state index is 0.456. The molecule has 0 bridgehead atoms. The second-order valence-electron chi connectivity index (χ2n) is 3.41. The lowest BCUT2D eigenvalue weighted by Crippen LogP contribution is -2.07. The van der Waals surface area contributed by atoms with E-state index >= 15 is 0 Å². The number of methoxy groups -OCH3 is 1. The van der Waals surface area contributed by atoms with Crippen molar-refractivity contribution < 1.29 is 4.74 Å². The molecule has 1 heterocycles. The van der Waals surface area contributed by atoms with E-state index in [9.17, 15) is 0 Å². The molecule has 1 unspecified atom stereocenters. The number of rotatable bonds is 5. The third-order valence-corrected chi connectivity index (χ3v) is 2.82. The van der Waals surface area contributed by atoms with E-state index in [1.165, 1.54) is 5.56 Å². The van der Waals surface area contributed by atoms with Gasteiger partial charge in [0.05, 0.1) is 0 Å². The van der Waals surface area contributed by atoms with Crippen molar-refractivity contribution in [3.05, 3.63) is 29.6 Å². The lowest BCUT2D eigenvalue weighted by atomic mass is 10.1. The van der Waals surface area contributed by atoms with Gasteiger partial charge in [-0.2, -0.15) is 0 Å². The molecule has 0 aliphatic heterocycles. The summed E-state index contributed by atoms with van der Waals surface area (Å²) in [5.41, 5.74) is 2.34. The van der Waals surface area contributed by atoms with Crippen LogP contribution in [0.4, 0.5) is 0 Å². The molecule has 1 rings (SSSR count). The van der Waals surface area contributed by atoms with Gasteiger partial charge in [0.2, 0.25) is 0 Å². The van der Waals surface area contributed by atoms with Gasteiger partial charge in [0.25, 0.3) is 0 Å². The molecule has 0 aliphatic rings. The van der Waals surface area contributed by atoms with E-state index < -0.39 is 0 Å². The first-order valence-electron chi connectivity index (χ1n) is 4.77. The zero-order valence-electron chi connectivity index (χ0n) is 8.66. The van der Waals surface area contributed by atoms with Gasteiger partial charge >= 0.3 is 0 Å². The molecule has 3 heteroatoms. The summed E-state index contributed by atoms with van der Waals surface area (Å²) in [5.74, 6) is 0. The van der Waals surface area contributed by atoms with E-state index in [1.807, 2.05) is 13.1 Å². The molecule has 0 N–H and O–H groups in total. The van der Waals surface area contributed by atoms with E-state index in [-0.39, 0.29) is 0 Å². The van der Waals surface area contributed by atoms with Gasteiger partial charge in [-0.25, -0.2) is 0 Å². The predicted octanol–water partition coefficient (Wildman–Crippen LogP) is 2.73. The molecule has 1 atom stereocenters. The number of pyridine rings is 1. The molecule has 78 valence electrons. The summed E-state index contributed by atoms with van der Waals surface area (Å²) < 4.78 is 5.02. The van der Waals surface area contributed by atoms with Crippen LogP contribution < -0.4 is 0 Å². The molecule has 2 nitrogen and oxygen atoms in total. The minimum Gasteiger partial charge on any atom is -0.385 e. The van der Waals surface area contributed by atoms with Gasteiger partial charge in [0, 0.05) is 36.9 Å². The number of ether oxygens (including phenoxy) is 1. The maximum Gasteiger partial charge on any atom is 0.0473 e. The molecule has 0 aliphatic carbocycles. The molecule has 0 saturated carbocycles. The number of nitrogens with zero attached hydrogens (tertiary/aromatic N) is 1. The van der Waals surface area contributed by atoms with Crippen LogP contribution >= 0.6 is 15.9 Å². The van der Waals surface area contributed by atoms with Gasteiger partial charge in [-0.05, 0) is 25.0 Å². The van der Waals surface area contributed by atoms with Crippen molar-refractivity contribution in [1.29, 1.82) is 0 Å². The molecular weight excluding hydrogens is 242 g/mol. The highest BCUT2D eigenvalue weighted by Crippen LogP contribution is 2.12. The summed E-state index contributed by atoms with van der Waals surface area (Å²) >= 11 is 3.61. The molecule has 1 aromatic rings. The molecule has 0 fully saturated rings. The number of alkyl halides is 1. The van der Waals surface area contributed by atoms with Crippen molar-refractivity contribution >= 4 is 15.9 Å². The van der Waals surface area contributed by atoms with Crippen LogP contribution in [0, 0.1) is 6.92 Å². The van der Waals surface area contributed by atoms with E-state index in [1.54, 1.807) is 7.11 Å². The topological polar surface area (TPSA) is 22.1 Å². The van der Waals surface area contributed by atoms with Crippen molar-refractivity contribution in [2.75, 3.05) is 13.7 Å². The first-order chi connectivity index (χ1) is 6.72. The van der Waals surface area contributed by atoms with Crippen molar-refractivity contribution in [1.82, 2.24) is 4.98 Å². The number of hydrogen-bond donors (Lipinski definition) is 0. The summed E-state index contributed by atoms with van der Waals surface area (Å²) in [6.45, 7) is 2.84. The number of aromatic nitrogens is 1. The molecule has 0 spiro atoms. The standard InChI is InChI=1S/C11H16BrNO/c1-9-3-4-11(13-8-9)7-10(12)5-6-14-2/h3-4,8,10H,5-7H2,1-2H3. The van der Waals surface area contributed by atoms with Gasteiger partial charge < -0.3 is 4.74 Å². The largest absolute Gasteiger partial charge is 0.385 e. The average Bonchev–Trinajstić information content (AvgIpc) is 2.18. The van der Waals surface area contributed by atoms with Crippen LogP contribution in [0.15, 0.2) is 18.3 Å². The number of halogens is 1. The fourth-order valence-electron chi connectivity index (χ4n) is 1.19. The maximum atomic E-state index is 5.02. The van der Waals surface area contributed by atoms with Crippen LogP contribution in [0.1, 0.15) is 17.7 Å². The quantitative estimate of drug-likeness (QED) is 0.757. The zero-order chi connectivity index (χ0) is 10.4. The van der Waals surface area contributed by atoms with Gasteiger partial charge in [0.1, 0.15) is 0 Å². The summed E-state index contributed by atoms with van der Waals surface area (Å²) in [7, 11) is 1.73. The van der Waals surface area contributed by atoms with Gasteiger partial charge in [0.15, 0.2) is 0 Å². The van der Waals surface area contributed by atoms with E-state index in [0.29, 0.717) is 4.83 Å². The van der Waals surface area contributed by atoms with Crippen LogP contribution in [0.5, 0.6) is 0 Å². The summed E-state index contributed by atoms with van der Waals surface area (Å²) in [4.78, 5) is 4.81. The van der Waals surface area contributed by atoms with Crippen molar-refractivity contribution in [3.8, 4) is 0 Å². The summed E-state index contributed by atoms with van der Waals surface area (Å²) in [5, 5.41) is 0. The van der Waals surface area contributed by atoms with Gasteiger partial charge in [-0.15, -0.1) is 0 Å². The monoisotopic (exact) mass is 257 g/mol. The predicted molar refractivity (Wildman–Crippen MR) is 61.9 cm³/mol. The van der Waals surface area contributed by atoms with Crippen LogP contribution in [0.3, 0.4) is 0 Å². The normalized spacial score (nSPS) is 12.8. The Kier molecular flexibility index (Phi) is 5.12. The highest BCUT2D eigenvalue weighted by molar-refractivity contribution is 9.09. The Balaban J connectivity index is 2.39. The lowest BCUT2D eigenvalue weighted by Gasteiger charge is -2.08. The fourth-order valence-corrected chi connectivity index (χ4v) is 1.71. The molecule has 14 heavy (non-hydrogen) atoms. The molecule has 0 radical (unpaired) electrons. The van der Waals surface area contributed by atoms with Crippen LogP contribution in [0.2, 0.25) is 0 Å². The Hall–Kier alpha value is -0.410. The van der Waals surface area contributed by atoms with Crippen molar-refractivity contribution in [3.63, 3.8) is 0 Å². The first kappa shape index (κ1) is 11.7. The molecule has 0 aromatic carbocycles. The third-order valence-electron chi connectivity index (χ3n) is 2.04. The van der Waals surface area contributed by atoms with Crippen LogP contribution in [-0.2, 0) is 11.2 Å². The van der Waals surface area contributed by atoms with E-state index in [0.717, 1.165) is 25.1 Å². The third kappa shape index (κ3) is 4.20. The smallest absolute Gasteiger partial charge is 0.0473 e. The average molecular weight is 258 g/mol. The SMILES string of the molecule is COCCC(Br)Cc1ccc(C)cn1. The van der Waals surface area contributed by atoms with Crippen molar-refractivity contribution in [2.24, 2.45) is 0 Å². The lowest BCUT2D eigenvalue weighted by molar-refractivity contribution is 0.194. The number of hydrogen-bond acceptors (Lipinski definition) is 2. The Labute approximate surface area is 93.8 Å². The van der Waals surface area contributed by atoms with Crippen LogP contribution in [0.25, 0.3) is 0 Å². The van der Waals surface area contributed by atoms with E-state index in [2.05, 4.69) is 33.0 Å². The number of aryl methyl sites for hydroxylation is 1. The molecule has 1 aromatic heterocycles. The van der Waals surface area contributed by atoms with Crippen LogP contribution in [-0.4, -0.2) is 23.5 Å². The Morgan fingerprint density at radius 2 is 2.29 bits per heavy atom. The Morgan fingerprint density at radius 1 is 1.50 bits per heavy atom. The second-order valence-corrected chi connectivity index (χ2v) is 4.70. The highest BCUT2D eigenvalue weighted by atomic mass is 79.9. The molecule has 0 saturated heterocycles. The molecule has 0 amide bonds. The van der Waals surface area contributed by atoms with Crippen molar-refractivity contribution in [2.45, 2.75) is 24.6 Å². The Morgan fingerprint density at radius 3 is 2.86 bits per heavy atom. The molecular formula is C11H16BrNO. The highest BCUT2D eigenvalue weighted by Gasteiger charge is 2.05. The maximum absolute atomic E-state index is 5.02. The Bertz CT molecular complexity index is 260. The van der Waals surface area contributed by atoms with Gasteiger partial charge in [-0.3, -0.25) is 4.98 Å². The van der Waals surface area contributed by atoms with E-state index in [4.69, 9.17) is 4.74 Å². The second kappa shape index (κ2) is 6.14. The van der Waals surface area contributed by atoms with Gasteiger partial charge in [-0.1, -0.05) is 22.0 Å². The first-order valence-corrected chi connectivity index (χ1v) is 5.68. The zero-order valence-corrected chi connectivity index (χ0v) is 10.3. The fraction of sp³-hybridized carbons (Fsp3) is 0.545. The summed E-state index contributed by atoms with van der Waals surface area (Å²) in [6, 6.07) is 4.18. The summed E-state index contributed by atoms with van der Waals surface area (Å²) in [6.07, 6.45) is 3.89. The minimum absolute atomic E-state index is 0.456.